The Hall–Kier alpha value is -1.42. The summed E-state index contributed by atoms with van der Waals surface area (Å²) in [5.41, 5.74) is 7.71. The lowest BCUT2D eigenvalue weighted by Crippen LogP contribution is -2.27. The van der Waals surface area contributed by atoms with Crippen LogP contribution >= 0.6 is 0 Å². The second-order valence-corrected chi connectivity index (χ2v) is 5.54. The van der Waals surface area contributed by atoms with Crippen molar-refractivity contribution < 1.29 is 4.74 Å². The maximum atomic E-state index is 5.89. The van der Waals surface area contributed by atoms with Gasteiger partial charge in [-0.25, -0.2) is 0 Å². The topological polar surface area (TPSA) is 50.5 Å². The zero-order valence-electron chi connectivity index (χ0n) is 11.6. The normalized spacial score (nSPS) is 23.5. The average Bonchev–Trinajstić information content (AvgIpc) is 3.15. The molecule has 3 rings (SSSR count). The zero-order chi connectivity index (χ0) is 13.2. The predicted octanol–water partition coefficient (Wildman–Crippen LogP) is 2.32. The molecule has 1 aromatic carbocycles. The van der Waals surface area contributed by atoms with E-state index in [0.29, 0.717) is 18.3 Å². The van der Waals surface area contributed by atoms with Gasteiger partial charge in [0, 0.05) is 36.9 Å². The quantitative estimate of drug-likeness (QED) is 0.799. The smallest absolute Gasteiger partial charge is 0.144 e. The monoisotopic (exact) mass is 261 g/mol. The Bertz CT molecular complexity index is 445. The number of rotatable bonds is 5. The third kappa shape index (κ3) is 2.95. The van der Waals surface area contributed by atoms with Crippen molar-refractivity contribution in [3.8, 4) is 5.75 Å². The minimum Gasteiger partial charge on any atom is -0.492 e. The lowest BCUT2D eigenvalue weighted by molar-refractivity contribution is 0.326. The maximum absolute atomic E-state index is 5.89. The highest BCUT2D eigenvalue weighted by Gasteiger charge is 2.34. The van der Waals surface area contributed by atoms with Gasteiger partial charge in [0.1, 0.15) is 5.75 Å². The number of benzene rings is 1. The minimum atomic E-state index is 0.554. The van der Waals surface area contributed by atoms with Gasteiger partial charge < -0.3 is 15.8 Å². The predicted molar refractivity (Wildman–Crippen MR) is 78.6 cm³/mol. The van der Waals surface area contributed by atoms with Crippen LogP contribution in [0.1, 0.15) is 26.2 Å². The van der Waals surface area contributed by atoms with Crippen molar-refractivity contribution in [2.45, 2.75) is 38.3 Å². The summed E-state index contributed by atoms with van der Waals surface area (Å²) in [6.45, 7) is 5.02. The molecule has 1 saturated heterocycles. The summed E-state index contributed by atoms with van der Waals surface area (Å²) < 4.78 is 5.54. The first-order chi connectivity index (χ1) is 9.26. The summed E-state index contributed by atoms with van der Waals surface area (Å²) in [5.74, 6) is 0.782. The molecule has 1 atom stereocenters. The van der Waals surface area contributed by atoms with Gasteiger partial charge in [-0.2, -0.15) is 0 Å². The molecule has 4 nitrogen and oxygen atoms in total. The Kier molecular flexibility index (Phi) is 3.51. The first kappa shape index (κ1) is 12.6. The molecular formula is C15H23N3O. The second kappa shape index (κ2) is 5.29. The average molecular weight is 261 g/mol. The SMILES string of the molecule is CCOc1cc(NC2CCN(C3CC3)C2)ccc1N. The van der Waals surface area contributed by atoms with Gasteiger partial charge in [0.25, 0.3) is 0 Å². The molecule has 1 aliphatic heterocycles. The van der Waals surface area contributed by atoms with Crippen LogP contribution in [0.5, 0.6) is 5.75 Å². The van der Waals surface area contributed by atoms with E-state index in [1.165, 1.54) is 32.4 Å². The first-order valence-corrected chi connectivity index (χ1v) is 7.29. The maximum Gasteiger partial charge on any atom is 0.144 e. The fraction of sp³-hybridized carbons (Fsp3) is 0.600. The van der Waals surface area contributed by atoms with E-state index in [1.807, 2.05) is 25.1 Å². The number of anilines is 2. The van der Waals surface area contributed by atoms with Crippen LogP contribution in [0.3, 0.4) is 0 Å². The molecule has 1 aromatic rings. The molecule has 104 valence electrons. The molecule has 1 unspecified atom stereocenters. The molecule has 0 bridgehead atoms. The highest BCUT2D eigenvalue weighted by Crippen LogP contribution is 2.31. The molecule has 0 aromatic heterocycles. The molecule has 2 aliphatic rings. The number of hydrogen-bond donors (Lipinski definition) is 2. The lowest BCUT2D eigenvalue weighted by atomic mass is 10.2. The van der Waals surface area contributed by atoms with Gasteiger partial charge >= 0.3 is 0 Å². The van der Waals surface area contributed by atoms with Gasteiger partial charge in [0.05, 0.1) is 12.3 Å². The van der Waals surface area contributed by atoms with Gasteiger partial charge in [-0.15, -0.1) is 0 Å². The summed E-state index contributed by atoms with van der Waals surface area (Å²) in [6.07, 6.45) is 4.01. The van der Waals surface area contributed by atoms with Crippen molar-refractivity contribution in [3.63, 3.8) is 0 Å². The summed E-state index contributed by atoms with van der Waals surface area (Å²) >= 11 is 0. The van der Waals surface area contributed by atoms with Gasteiger partial charge in [0.2, 0.25) is 0 Å². The number of nitrogens with one attached hydrogen (secondary N) is 1. The van der Waals surface area contributed by atoms with Crippen molar-refractivity contribution in [2.24, 2.45) is 0 Å². The standard InChI is InChI=1S/C15H23N3O/c1-2-19-15-9-11(3-6-14(15)16)17-12-7-8-18(10-12)13-4-5-13/h3,6,9,12-13,17H,2,4-5,7-8,10,16H2,1H3. The van der Waals surface area contributed by atoms with E-state index >= 15 is 0 Å². The van der Waals surface area contributed by atoms with E-state index in [-0.39, 0.29) is 0 Å². The third-order valence-corrected chi connectivity index (χ3v) is 3.97. The highest BCUT2D eigenvalue weighted by molar-refractivity contribution is 5.61. The molecule has 3 N–H and O–H groups in total. The van der Waals surface area contributed by atoms with Crippen molar-refractivity contribution in [1.29, 1.82) is 0 Å². The molecule has 19 heavy (non-hydrogen) atoms. The van der Waals surface area contributed by atoms with Crippen molar-refractivity contribution >= 4 is 11.4 Å². The summed E-state index contributed by atoms with van der Waals surface area (Å²) in [6, 6.07) is 7.40. The Morgan fingerprint density at radius 1 is 1.37 bits per heavy atom. The first-order valence-electron chi connectivity index (χ1n) is 7.29. The number of ether oxygens (including phenoxy) is 1. The molecular weight excluding hydrogens is 238 g/mol. The molecule has 0 spiro atoms. The highest BCUT2D eigenvalue weighted by atomic mass is 16.5. The van der Waals surface area contributed by atoms with Crippen LogP contribution in [-0.4, -0.2) is 36.7 Å². The van der Waals surface area contributed by atoms with E-state index in [4.69, 9.17) is 10.5 Å². The molecule has 0 radical (unpaired) electrons. The van der Waals surface area contributed by atoms with E-state index in [0.717, 1.165) is 17.5 Å². The third-order valence-electron chi connectivity index (χ3n) is 3.97. The molecule has 0 amide bonds. The summed E-state index contributed by atoms with van der Waals surface area (Å²) in [5, 5.41) is 3.60. The second-order valence-electron chi connectivity index (χ2n) is 5.54. The van der Waals surface area contributed by atoms with Crippen LogP contribution in [-0.2, 0) is 0 Å². The fourth-order valence-corrected chi connectivity index (χ4v) is 2.82. The number of nitrogens with zero attached hydrogens (tertiary/aromatic N) is 1. The number of hydrogen-bond acceptors (Lipinski definition) is 4. The molecule has 1 aliphatic carbocycles. The number of nitrogen functional groups attached to an aromatic ring is 1. The van der Waals surface area contributed by atoms with Crippen LogP contribution in [0.25, 0.3) is 0 Å². The van der Waals surface area contributed by atoms with Gasteiger partial charge in [0.15, 0.2) is 0 Å². The van der Waals surface area contributed by atoms with Crippen LogP contribution < -0.4 is 15.8 Å². The van der Waals surface area contributed by atoms with Crippen molar-refractivity contribution in [2.75, 3.05) is 30.7 Å². The van der Waals surface area contributed by atoms with Crippen LogP contribution in [0, 0.1) is 0 Å². The Morgan fingerprint density at radius 3 is 2.95 bits per heavy atom. The van der Waals surface area contributed by atoms with Gasteiger partial charge in [-0.05, 0) is 38.3 Å². The van der Waals surface area contributed by atoms with Crippen LogP contribution in [0.4, 0.5) is 11.4 Å². The van der Waals surface area contributed by atoms with E-state index in [2.05, 4.69) is 10.2 Å². The van der Waals surface area contributed by atoms with E-state index in [1.54, 1.807) is 0 Å². The van der Waals surface area contributed by atoms with Gasteiger partial charge in [-0.1, -0.05) is 0 Å². The van der Waals surface area contributed by atoms with Crippen molar-refractivity contribution in [1.82, 2.24) is 4.90 Å². The zero-order valence-corrected chi connectivity index (χ0v) is 11.6. The molecule has 1 heterocycles. The number of nitrogens with two attached hydrogens (primary N) is 1. The fourth-order valence-electron chi connectivity index (χ4n) is 2.82. The molecule has 1 saturated carbocycles. The largest absolute Gasteiger partial charge is 0.492 e. The Morgan fingerprint density at radius 2 is 2.21 bits per heavy atom. The molecule has 2 fully saturated rings. The number of likely N-dealkylation sites (tertiary alicyclic amines) is 1. The van der Waals surface area contributed by atoms with Crippen LogP contribution in [0.2, 0.25) is 0 Å². The molecule has 4 heteroatoms. The van der Waals surface area contributed by atoms with Gasteiger partial charge in [-0.3, -0.25) is 4.90 Å². The summed E-state index contributed by atoms with van der Waals surface area (Å²) in [4.78, 5) is 2.61. The van der Waals surface area contributed by atoms with E-state index in [9.17, 15) is 0 Å². The van der Waals surface area contributed by atoms with Crippen molar-refractivity contribution in [3.05, 3.63) is 18.2 Å². The van der Waals surface area contributed by atoms with Crippen LogP contribution in [0.15, 0.2) is 18.2 Å². The Labute approximate surface area is 114 Å². The minimum absolute atomic E-state index is 0.554. The van der Waals surface area contributed by atoms with E-state index < -0.39 is 0 Å². The summed E-state index contributed by atoms with van der Waals surface area (Å²) in [7, 11) is 0. The lowest BCUT2D eigenvalue weighted by Gasteiger charge is -2.17. The Balaban J connectivity index is 1.61.